The Morgan fingerprint density at radius 1 is 1.21 bits per heavy atom. The molecule has 0 saturated heterocycles. The summed E-state index contributed by atoms with van der Waals surface area (Å²) in [4.78, 5) is 41.7. The van der Waals surface area contributed by atoms with Crippen molar-refractivity contribution >= 4 is 16.9 Å². The van der Waals surface area contributed by atoms with Gasteiger partial charge in [0.2, 0.25) is 0 Å². The van der Waals surface area contributed by atoms with Gasteiger partial charge in [-0.3, -0.25) is 18.9 Å². The molecule has 8 heteroatoms. The average Bonchev–Trinajstić information content (AvgIpc) is 2.64. The van der Waals surface area contributed by atoms with E-state index in [1.54, 1.807) is 45.0 Å². The molecule has 3 aromatic rings. The zero-order valence-corrected chi connectivity index (χ0v) is 16.0. The van der Waals surface area contributed by atoms with Crippen LogP contribution in [0.2, 0.25) is 0 Å². The number of carbonyl (C=O) groups excluding carboxylic acids is 1. The Kier molecular flexibility index (Phi) is 4.89. The van der Waals surface area contributed by atoms with E-state index in [1.807, 2.05) is 0 Å². The molecule has 0 aliphatic rings. The van der Waals surface area contributed by atoms with E-state index in [4.69, 9.17) is 0 Å². The molecular weight excluding hydrogens is 365 g/mol. The van der Waals surface area contributed by atoms with Crippen molar-refractivity contribution in [1.29, 1.82) is 0 Å². The van der Waals surface area contributed by atoms with Crippen LogP contribution in [0.1, 0.15) is 36.8 Å². The number of methoxy groups -OCH3 is 1. The molecule has 0 atom stereocenters. The summed E-state index contributed by atoms with van der Waals surface area (Å²) in [6.45, 7) is 5.25. The van der Waals surface area contributed by atoms with Crippen LogP contribution in [-0.4, -0.2) is 27.2 Å². The van der Waals surface area contributed by atoms with E-state index in [1.165, 1.54) is 15.2 Å². The first kappa shape index (κ1) is 19.5. The van der Waals surface area contributed by atoms with Crippen LogP contribution >= 0.6 is 0 Å². The van der Waals surface area contributed by atoms with Crippen LogP contribution in [0.25, 0.3) is 10.9 Å². The van der Waals surface area contributed by atoms with Crippen molar-refractivity contribution in [1.82, 2.24) is 14.1 Å². The van der Waals surface area contributed by atoms with Crippen LogP contribution in [0, 0.1) is 5.82 Å². The molecule has 0 bridgehead atoms. The van der Waals surface area contributed by atoms with Gasteiger partial charge in [-0.1, -0.05) is 12.1 Å². The van der Waals surface area contributed by atoms with Gasteiger partial charge in [0.15, 0.2) is 5.82 Å². The van der Waals surface area contributed by atoms with Crippen LogP contribution in [0.4, 0.5) is 4.39 Å². The number of rotatable bonds is 3. The molecule has 0 radical (unpaired) electrons. The van der Waals surface area contributed by atoms with Crippen LogP contribution in [0.3, 0.4) is 0 Å². The lowest BCUT2D eigenvalue weighted by Gasteiger charge is -2.23. The van der Waals surface area contributed by atoms with E-state index in [2.05, 4.69) is 9.72 Å². The van der Waals surface area contributed by atoms with Gasteiger partial charge in [-0.2, -0.15) is 0 Å². The van der Waals surface area contributed by atoms with Gasteiger partial charge < -0.3 is 4.74 Å². The van der Waals surface area contributed by atoms with Crippen molar-refractivity contribution in [2.75, 3.05) is 7.11 Å². The van der Waals surface area contributed by atoms with Gasteiger partial charge in [-0.25, -0.2) is 14.0 Å². The van der Waals surface area contributed by atoms with E-state index in [-0.39, 0.29) is 23.4 Å². The third-order valence-corrected chi connectivity index (χ3v) is 4.36. The molecule has 2 heterocycles. The molecule has 0 spiro atoms. The summed E-state index contributed by atoms with van der Waals surface area (Å²) < 4.78 is 21.0. The van der Waals surface area contributed by atoms with Gasteiger partial charge in [-0.05, 0) is 39.0 Å². The Bertz CT molecular complexity index is 1190. The second-order valence-corrected chi connectivity index (χ2v) is 7.34. The second-order valence-electron chi connectivity index (χ2n) is 7.34. The van der Waals surface area contributed by atoms with Gasteiger partial charge in [0, 0.05) is 5.54 Å². The number of ether oxygens (including phenoxy) is 1. The van der Waals surface area contributed by atoms with E-state index < -0.39 is 23.0 Å². The van der Waals surface area contributed by atoms with Gasteiger partial charge in [0.05, 0.1) is 42.0 Å². The van der Waals surface area contributed by atoms with Crippen LogP contribution < -0.4 is 11.2 Å². The number of esters is 1. The molecule has 146 valence electrons. The highest BCUT2D eigenvalue weighted by molar-refractivity contribution is 5.89. The molecule has 0 N–H and O–H groups in total. The molecule has 0 saturated carbocycles. The smallest absolute Gasteiger partial charge is 0.340 e. The highest BCUT2D eigenvalue weighted by Gasteiger charge is 2.23. The number of carbonyl (C=O) groups is 1. The second kappa shape index (κ2) is 7.03. The monoisotopic (exact) mass is 385 g/mol. The molecule has 28 heavy (non-hydrogen) atoms. The van der Waals surface area contributed by atoms with Gasteiger partial charge in [0.1, 0.15) is 0 Å². The molecule has 0 amide bonds. The van der Waals surface area contributed by atoms with Crippen molar-refractivity contribution in [2.45, 2.75) is 32.9 Å². The molecule has 1 aromatic carbocycles. The largest absolute Gasteiger partial charge is 0.465 e. The zero-order chi connectivity index (χ0) is 20.6. The maximum atomic E-state index is 13.9. The molecule has 7 nitrogen and oxygen atoms in total. The van der Waals surface area contributed by atoms with Crippen molar-refractivity contribution in [3.63, 3.8) is 0 Å². The van der Waals surface area contributed by atoms with E-state index in [0.29, 0.717) is 10.9 Å². The molecule has 0 aliphatic heterocycles. The van der Waals surface area contributed by atoms with Gasteiger partial charge in [0.25, 0.3) is 5.56 Å². The van der Waals surface area contributed by atoms with Crippen LogP contribution in [0.5, 0.6) is 0 Å². The van der Waals surface area contributed by atoms with Crippen molar-refractivity contribution < 1.29 is 13.9 Å². The molecule has 3 rings (SSSR count). The summed E-state index contributed by atoms with van der Waals surface area (Å²) in [5, 5.41) is 0.382. The topological polar surface area (TPSA) is 83.2 Å². The fourth-order valence-electron chi connectivity index (χ4n) is 3.06. The van der Waals surface area contributed by atoms with Crippen LogP contribution in [-0.2, 0) is 16.8 Å². The Labute approximate surface area is 160 Å². The lowest BCUT2D eigenvalue weighted by atomic mass is 10.1. The van der Waals surface area contributed by atoms with Gasteiger partial charge in [-0.15, -0.1) is 0 Å². The first-order valence-corrected chi connectivity index (χ1v) is 8.63. The average molecular weight is 385 g/mol. The summed E-state index contributed by atoms with van der Waals surface area (Å²) in [6.07, 6.45) is 0.911. The summed E-state index contributed by atoms with van der Waals surface area (Å²) in [5.41, 5.74) is -1.19. The number of para-hydroxylation sites is 1. The summed E-state index contributed by atoms with van der Waals surface area (Å²) in [7, 11) is 1.15. The third-order valence-electron chi connectivity index (χ3n) is 4.36. The number of hydrogen-bond donors (Lipinski definition) is 0. The van der Waals surface area contributed by atoms with Gasteiger partial charge >= 0.3 is 11.7 Å². The molecule has 0 fully saturated rings. The standard InChI is InChI=1S/C20H20FN3O4/c1-20(2,3)24-17(25)13-7-5-6-8-16(13)23(19(24)27)11-12-9-14(18(26)28-4)15(21)10-22-12/h5-10H,11H2,1-4H3. The van der Waals surface area contributed by atoms with Crippen molar-refractivity contribution in [3.8, 4) is 0 Å². The quantitative estimate of drug-likeness (QED) is 0.646. The third kappa shape index (κ3) is 3.33. The Morgan fingerprint density at radius 2 is 1.89 bits per heavy atom. The highest BCUT2D eigenvalue weighted by Crippen LogP contribution is 2.15. The zero-order valence-electron chi connectivity index (χ0n) is 16.0. The summed E-state index contributed by atoms with van der Waals surface area (Å²) in [5.74, 6) is -1.65. The number of aromatic nitrogens is 3. The van der Waals surface area contributed by atoms with Crippen molar-refractivity contribution in [2.24, 2.45) is 0 Å². The van der Waals surface area contributed by atoms with E-state index in [0.717, 1.165) is 13.3 Å². The fraction of sp³-hybridized carbons (Fsp3) is 0.300. The minimum atomic E-state index is -0.835. The lowest BCUT2D eigenvalue weighted by Crippen LogP contribution is -2.47. The Hall–Kier alpha value is -3.29. The molecular formula is C20H20FN3O4. The number of fused-ring (bicyclic) bond motifs is 1. The lowest BCUT2D eigenvalue weighted by molar-refractivity contribution is 0.0595. The van der Waals surface area contributed by atoms with Crippen LogP contribution in [0.15, 0.2) is 46.1 Å². The summed E-state index contributed by atoms with van der Waals surface area (Å²) >= 11 is 0. The predicted octanol–water partition coefficient (Wildman–Crippen LogP) is 2.29. The maximum absolute atomic E-state index is 13.9. The summed E-state index contributed by atoms with van der Waals surface area (Å²) in [6, 6.07) is 7.99. The Balaban J connectivity index is 2.26. The van der Waals surface area contributed by atoms with E-state index in [9.17, 15) is 18.8 Å². The van der Waals surface area contributed by atoms with Crippen molar-refractivity contribution in [3.05, 3.63) is 74.4 Å². The minimum absolute atomic E-state index is 0.0417. The normalized spacial score (nSPS) is 11.6. The van der Waals surface area contributed by atoms with E-state index >= 15 is 0 Å². The molecule has 0 aliphatic carbocycles. The SMILES string of the molecule is COC(=O)c1cc(Cn2c(=O)n(C(C)(C)C)c(=O)c3ccccc32)ncc1F. The fourth-order valence-corrected chi connectivity index (χ4v) is 3.06. The number of nitrogens with zero attached hydrogens (tertiary/aromatic N) is 3. The minimum Gasteiger partial charge on any atom is -0.465 e. The first-order valence-electron chi connectivity index (χ1n) is 8.63. The number of halogens is 1. The first-order chi connectivity index (χ1) is 13.1. The molecule has 0 unspecified atom stereocenters. The predicted molar refractivity (Wildman–Crippen MR) is 102 cm³/mol. The highest BCUT2D eigenvalue weighted by atomic mass is 19.1. The maximum Gasteiger partial charge on any atom is 0.340 e. The Morgan fingerprint density at radius 3 is 2.54 bits per heavy atom. The number of pyridine rings is 1. The number of hydrogen-bond acceptors (Lipinski definition) is 5. The molecule has 2 aromatic heterocycles. The number of benzene rings is 1.